The lowest BCUT2D eigenvalue weighted by molar-refractivity contribution is 0.191. The number of aryl methyl sites for hydroxylation is 1. The van der Waals surface area contributed by atoms with E-state index in [0.717, 1.165) is 22.1 Å². The summed E-state index contributed by atoms with van der Waals surface area (Å²) >= 11 is 3.41. The molecule has 100 valence electrons. The van der Waals surface area contributed by atoms with Crippen LogP contribution in [0.5, 0.6) is 0 Å². The maximum Gasteiger partial charge on any atom is 0.0962 e. The van der Waals surface area contributed by atoms with Crippen molar-refractivity contribution >= 4 is 21.6 Å². The average molecular weight is 320 g/mol. The Morgan fingerprint density at radius 3 is 2.53 bits per heavy atom. The van der Waals surface area contributed by atoms with Crippen LogP contribution in [-0.4, -0.2) is 11.7 Å². The van der Waals surface area contributed by atoms with Gasteiger partial charge in [-0.2, -0.15) is 0 Å². The third-order valence-electron chi connectivity index (χ3n) is 3.10. The number of aliphatic hydroxyl groups is 1. The number of rotatable bonds is 5. The second kappa shape index (κ2) is 6.73. The van der Waals surface area contributed by atoms with Crippen LogP contribution in [0.2, 0.25) is 0 Å². The van der Waals surface area contributed by atoms with Crippen LogP contribution in [0.15, 0.2) is 53.0 Å². The van der Waals surface area contributed by atoms with Gasteiger partial charge in [0.2, 0.25) is 0 Å². The van der Waals surface area contributed by atoms with Crippen LogP contribution in [0.1, 0.15) is 24.2 Å². The minimum absolute atomic E-state index is 0.502. The molecule has 0 amide bonds. The van der Waals surface area contributed by atoms with E-state index in [4.69, 9.17) is 0 Å². The lowest BCUT2D eigenvalue weighted by Gasteiger charge is -2.13. The van der Waals surface area contributed by atoms with Crippen molar-refractivity contribution in [2.75, 3.05) is 11.9 Å². The van der Waals surface area contributed by atoms with E-state index < -0.39 is 6.10 Å². The molecule has 2 aromatic rings. The molecule has 0 heterocycles. The van der Waals surface area contributed by atoms with Crippen molar-refractivity contribution in [2.24, 2.45) is 0 Å². The van der Waals surface area contributed by atoms with Crippen LogP contribution in [0, 0.1) is 0 Å². The molecule has 1 unspecified atom stereocenters. The lowest BCUT2D eigenvalue weighted by atomic mass is 10.1. The molecule has 19 heavy (non-hydrogen) atoms. The van der Waals surface area contributed by atoms with Gasteiger partial charge in [0.15, 0.2) is 0 Å². The van der Waals surface area contributed by atoms with Crippen molar-refractivity contribution in [3.8, 4) is 0 Å². The van der Waals surface area contributed by atoms with Crippen LogP contribution < -0.4 is 5.32 Å². The van der Waals surface area contributed by atoms with Gasteiger partial charge < -0.3 is 10.4 Å². The summed E-state index contributed by atoms with van der Waals surface area (Å²) in [5, 5.41) is 13.4. The minimum Gasteiger partial charge on any atom is -0.387 e. The van der Waals surface area contributed by atoms with Crippen molar-refractivity contribution in [1.29, 1.82) is 0 Å². The lowest BCUT2D eigenvalue weighted by Crippen LogP contribution is -2.12. The average Bonchev–Trinajstić information content (AvgIpc) is 2.45. The van der Waals surface area contributed by atoms with E-state index >= 15 is 0 Å². The Hall–Kier alpha value is -1.32. The fraction of sp³-hybridized carbons (Fsp3) is 0.250. The summed E-state index contributed by atoms with van der Waals surface area (Å²) in [6.45, 7) is 2.64. The largest absolute Gasteiger partial charge is 0.387 e. The molecule has 0 saturated carbocycles. The summed E-state index contributed by atoms with van der Waals surface area (Å²) < 4.78 is 0.983. The van der Waals surface area contributed by atoms with E-state index in [9.17, 15) is 5.11 Å². The molecule has 0 aliphatic rings. The molecule has 2 rings (SSSR count). The fourth-order valence-electron chi connectivity index (χ4n) is 1.90. The van der Waals surface area contributed by atoms with Gasteiger partial charge in [0.05, 0.1) is 6.10 Å². The Balaban J connectivity index is 1.94. The number of nitrogens with one attached hydrogen (secondary N) is 1. The molecule has 0 aliphatic heterocycles. The zero-order valence-corrected chi connectivity index (χ0v) is 12.5. The van der Waals surface area contributed by atoms with Crippen molar-refractivity contribution in [3.05, 3.63) is 64.1 Å². The van der Waals surface area contributed by atoms with Crippen LogP contribution in [0.3, 0.4) is 0 Å². The van der Waals surface area contributed by atoms with Gasteiger partial charge in [0, 0.05) is 16.7 Å². The first-order valence-corrected chi connectivity index (χ1v) is 7.24. The SMILES string of the molecule is CCc1ccc(NCC(O)c2cccc(Br)c2)cc1. The van der Waals surface area contributed by atoms with E-state index in [-0.39, 0.29) is 0 Å². The maximum absolute atomic E-state index is 10.1. The van der Waals surface area contributed by atoms with Gasteiger partial charge >= 0.3 is 0 Å². The number of anilines is 1. The van der Waals surface area contributed by atoms with Gasteiger partial charge in [-0.25, -0.2) is 0 Å². The van der Waals surface area contributed by atoms with E-state index in [0.29, 0.717) is 6.54 Å². The standard InChI is InChI=1S/C16H18BrNO/c1-2-12-6-8-15(9-7-12)18-11-16(19)13-4-3-5-14(17)10-13/h3-10,16,18-19H,2,11H2,1H3. The summed E-state index contributed by atoms with van der Waals surface area (Å²) in [6, 6.07) is 16.1. The van der Waals surface area contributed by atoms with E-state index in [1.165, 1.54) is 5.56 Å². The topological polar surface area (TPSA) is 32.3 Å². The number of hydrogen-bond donors (Lipinski definition) is 2. The Morgan fingerprint density at radius 2 is 1.89 bits per heavy atom. The Labute approximate surface area is 122 Å². The van der Waals surface area contributed by atoms with E-state index in [1.54, 1.807) is 0 Å². The van der Waals surface area contributed by atoms with Crippen LogP contribution in [0.4, 0.5) is 5.69 Å². The molecule has 0 radical (unpaired) electrons. The first-order chi connectivity index (χ1) is 9.19. The zero-order valence-electron chi connectivity index (χ0n) is 10.9. The second-order valence-electron chi connectivity index (χ2n) is 4.50. The van der Waals surface area contributed by atoms with Gasteiger partial charge in [-0.05, 0) is 41.8 Å². The van der Waals surface area contributed by atoms with Gasteiger partial charge in [-0.3, -0.25) is 0 Å². The molecule has 2 nitrogen and oxygen atoms in total. The molecule has 0 bridgehead atoms. The second-order valence-corrected chi connectivity index (χ2v) is 5.42. The highest BCUT2D eigenvalue weighted by Crippen LogP contribution is 2.19. The molecule has 0 aliphatic carbocycles. The van der Waals surface area contributed by atoms with Crippen LogP contribution in [-0.2, 0) is 6.42 Å². The number of benzene rings is 2. The quantitative estimate of drug-likeness (QED) is 0.867. The third kappa shape index (κ3) is 4.08. The number of halogens is 1. The molecule has 0 saturated heterocycles. The van der Waals surface area contributed by atoms with Crippen molar-refractivity contribution in [2.45, 2.75) is 19.4 Å². The fourth-order valence-corrected chi connectivity index (χ4v) is 2.32. The van der Waals surface area contributed by atoms with Crippen molar-refractivity contribution < 1.29 is 5.11 Å². The molecule has 2 N–H and O–H groups in total. The maximum atomic E-state index is 10.1. The Bertz CT molecular complexity index is 525. The molecule has 1 atom stereocenters. The van der Waals surface area contributed by atoms with E-state index in [2.05, 4.69) is 40.3 Å². The van der Waals surface area contributed by atoms with Gasteiger partial charge in [0.25, 0.3) is 0 Å². The van der Waals surface area contributed by atoms with Crippen LogP contribution >= 0.6 is 15.9 Å². The molecular weight excluding hydrogens is 302 g/mol. The third-order valence-corrected chi connectivity index (χ3v) is 3.59. The number of hydrogen-bond acceptors (Lipinski definition) is 2. The predicted molar refractivity (Wildman–Crippen MR) is 83.4 cm³/mol. The zero-order chi connectivity index (χ0) is 13.7. The smallest absolute Gasteiger partial charge is 0.0962 e. The Morgan fingerprint density at radius 1 is 1.16 bits per heavy atom. The molecular formula is C16H18BrNO. The monoisotopic (exact) mass is 319 g/mol. The van der Waals surface area contributed by atoms with E-state index in [1.807, 2.05) is 36.4 Å². The first kappa shape index (κ1) is 14.1. The molecule has 2 aromatic carbocycles. The minimum atomic E-state index is -0.511. The van der Waals surface area contributed by atoms with Gasteiger partial charge in [-0.1, -0.05) is 47.1 Å². The van der Waals surface area contributed by atoms with Crippen molar-refractivity contribution in [1.82, 2.24) is 0 Å². The number of aliphatic hydroxyl groups excluding tert-OH is 1. The van der Waals surface area contributed by atoms with Gasteiger partial charge in [-0.15, -0.1) is 0 Å². The first-order valence-electron chi connectivity index (χ1n) is 6.45. The summed E-state index contributed by atoms with van der Waals surface area (Å²) in [4.78, 5) is 0. The summed E-state index contributed by atoms with van der Waals surface area (Å²) in [6.07, 6.45) is 0.532. The highest BCUT2D eigenvalue weighted by molar-refractivity contribution is 9.10. The summed E-state index contributed by atoms with van der Waals surface area (Å²) in [5.74, 6) is 0. The normalized spacial score (nSPS) is 12.2. The van der Waals surface area contributed by atoms with Crippen LogP contribution in [0.25, 0.3) is 0 Å². The predicted octanol–water partition coefficient (Wildman–Crippen LogP) is 4.16. The molecule has 0 aromatic heterocycles. The van der Waals surface area contributed by atoms with Gasteiger partial charge in [0.1, 0.15) is 0 Å². The Kier molecular flexibility index (Phi) is 5.00. The highest BCUT2D eigenvalue weighted by atomic mass is 79.9. The summed E-state index contributed by atoms with van der Waals surface area (Å²) in [5.41, 5.74) is 3.26. The highest BCUT2D eigenvalue weighted by Gasteiger charge is 2.07. The van der Waals surface area contributed by atoms with Crippen molar-refractivity contribution in [3.63, 3.8) is 0 Å². The molecule has 0 spiro atoms. The molecule has 0 fully saturated rings. The summed E-state index contributed by atoms with van der Waals surface area (Å²) in [7, 11) is 0. The molecule has 3 heteroatoms.